The fourth-order valence-corrected chi connectivity index (χ4v) is 1.97. The molecule has 0 aliphatic carbocycles. The van der Waals surface area contributed by atoms with E-state index in [0.717, 1.165) is 0 Å². The van der Waals surface area contributed by atoms with Gasteiger partial charge in [0.05, 0.1) is 16.9 Å². The first-order valence-corrected chi connectivity index (χ1v) is 6.30. The van der Waals surface area contributed by atoms with Crippen molar-refractivity contribution in [1.29, 1.82) is 0 Å². The van der Waals surface area contributed by atoms with Crippen molar-refractivity contribution in [2.45, 2.75) is 58.8 Å². The molecule has 1 aromatic rings. The quantitative estimate of drug-likeness (QED) is 0.786. The zero-order valence-corrected chi connectivity index (χ0v) is 11.9. The second-order valence-corrected chi connectivity index (χ2v) is 5.87. The first-order valence-electron chi connectivity index (χ1n) is 6.30. The third-order valence-electron chi connectivity index (χ3n) is 3.82. The molecule has 0 radical (unpaired) electrons. The molecule has 0 bridgehead atoms. The van der Waals surface area contributed by atoms with Crippen LogP contribution in [0.15, 0.2) is 6.20 Å². The standard InChI is InChI=1S/C12H19BF2N2O2/c1-8-9(6-17(16-8)7-10(14)15)13-18-11(2,3)12(4,5)19-13/h6,10H,7H2,1-5H3. The fraction of sp³-hybridized carbons (Fsp3) is 0.750. The van der Waals surface area contributed by atoms with Crippen LogP contribution < -0.4 is 5.46 Å². The zero-order valence-electron chi connectivity index (χ0n) is 11.9. The van der Waals surface area contributed by atoms with Gasteiger partial charge in [-0.3, -0.25) is 4.68 Å². The van der Waals surface area contributed by atoms with Gasteiger partial charge >= 0.3 is 7.12 Å². The van der Waals surface area contributed by atoms with Gasteiger partial charge in [-0.25, -0.2) is 8.78 Å². The van der Waals surface area contributed by atoms with Crippen molar-refractivity contribution in [3.8, 4) is 0 Å². The van der Waals surface area contributed by atoms with E-state index in [9.17, 15) is 8.78 Å². The second kappa shape index (κ2) is 4.56. The van der Waals surface area contributed by atoms with Crippen LogP contribution in [0, 0.1) is 6.92 Å². The Morgan fingerprint density at radius 2 is 1.79 bits per heavy atom. The summed E-state index contributed by atoms with van der Waals surface area (Å²) in [6.07, 6.45) is -0.852. The Morgan fingerprint density at radius 1 is 1.26 bits per heavy atom. The molecule has 1 aliphatic rings. The molecular weight excluding hydrogens is 253 g/mol. The van der Waals surface area contributed by atoms with Gasteiger partial charge in [0.2, 0.25) is 0 Å². The molecule has 0 spiro atoms. The summed E-state index contributed by atoms with van der Waals surface area (Å²) in [4.78, 5) is 0. The van der Waals surface area contributed by atoms with Gasteiger partial charge in [-0.2, -0.15) is 5.10 Å². The molecule has 106 valence electrons. The minimum Gasteiger partial charge on any atom is -0.399 e. The van der Waals surface area contributed by atoms with Crippen LogP contribution >= 0.6 is 0 Å². The number of rotatable bonds is 3. The highest BCUT2D eigenvalue weighted by Crippen LogP contribution is 2.36. The lowest BCUT2D eigenvalue weighted by molar-refractivity contribution is 0.00578. The maximum absolute atomic E-state index is 12.4. The molecule has 0 amide bonds. The van der Waals surface area contributed by atoms with Crippen LogP contribution in [0.25, 0.3) is 0 Å². The third-order valence-corrected chi connectivity index (χ3v) is 3.82. The van der Waals surface area contributed by atoms with Crippen LogP contribution in [0.1, 0.15) is 33.4 Å². The predicted octanol–water partition coefficient (Wildman–Crippen LogP) is 1.76. The SMILES string of the molecule is Cc1nn(CC(F)F)cc1B1OC(C)(C)C(C)(C)O1. The monoisotopic (exact) mass is 272 g/mol. The van der Waals surface area contributed by atoms with E-state index in [4.69, 9.17) is 9.31 Å². The molecule has 0 atom stereocenters. The van der Waals surface area contributed by atoms with Gasteiger partial charge in [0.1, 0.15) is 6.54 Å². The van der Waals surface area contributed by atoms with Gasteiger partial charge in [-0.1, -0.05) is 0 Å². The molecule has 0 unspecified atom stereocenters. The Hall–Kier alpha value is -0.945. The van der Waals surface area contributed by atoms with Crippen LogP contribution in [0.2, 0.25) is 0 Å². The van der Waals surface area contributed by atoms with Crippen molar-refractivity contribution in [2.75, 3.05) is 0 Å². The van der Waals surface area contributed by atoms with E-state index < -0.39 is 31.3 Å². The summed E-state index contributed by atoms with van der Waals surface area (Å²) in [6, 6.07) is 0. The topological polar surface area (TPSA) is 36.3 Å². The Bertz CT molecular complexity index is 458. The van der Waals surface area contributed by atoms with Crippen LogP contribution in [-0.2, 0) is 15.9 Å². The van der Waals surface area contributed by atoms with E-state index in [1.807, 2.05) is 27.7 Å². The molecular formula is C12H19BF2N2O2. The third kappa shape index (κ3) is 2.67. The van der Waals surface area contributed by atoms with Crippen LogP contribution in [-0.4, -0.2) is 34.5 Å². The number of halogens is 2. The summed E-state index contributed by atoms with van der Waals surface area (Å²) in [5.74, 6) is 0. The van der Waals surface area contributed by atoms with Gasteiger partial charge in [0.25, 0.3) is 6.43 Å². The van der Waals surface area contributed by atoms with E-state index in [0.29, 0.717) is 11.2 Å². The predicted molar refractivity (Wildman–Crippen MR) is 68.7 cm³/mol. The van der Waals surface area contributed by atoms with E-state index in [1.165, 1.54) is 4.68 Å². The Morgan fingerprint density at radius 3 is 2.26 bits per heavy atom. The number of hydrogen-bond acceptors (Lipinski definition) is 3. The Kier molecular flexibility index (Phi) is 3.47. The van der Waals surface area contributed by atoms with Gasteiger partial charge in [-0.15, -0.1) is 0 Å². The van der Waals surface area contributed by atoms with E-state index >= 15 is 0 Å². The first-order chi connectivity index (χ1) is 8.62. The van der Waals surface area contributed by atoms with E-state index in [2.05, 4.69) is 5.10 Å². The average Bonchev–Trinajstić information content (AvgIpc) is 2.64. The molecule has 1 saturated heterocycles. The Labute approximate surface area is 112 Å². The molecule has 2 heterocycles. The number of hydrogen-bond donors (Lipinski definition) is 0. The van der Waals surface area contributed by atoms with Gasteiger partial charge in [0, 0.05) is 11.7 Å². The highest BCUT2D eigenvalue weighted by Gasteiger charge is 2.52. The number of aromatic nitrogens is 2. The smallest absolute Gasteiger partial charge is 0.399 e. The Balaban J connectivity index is 2.22. The minimum absolute atomic E-state index is 0.416. The number of aryl methyl sites for hydroxylation is 1. The summed E-state index contributed by atoms with van der Waals surface area (Å²) < 4.78 is 37.7. The van der Waals surface area contributed by atoms with Crippen LogP contribution in [0.4, 0.5) is 8.78 Å². The summed E-state index contributed by atoms with van der Waals surface area (Å²) in [5, 5.41) is 4.07. The maximum atomic E-state index is 12.4. The van der Waals surface area contributed by atoms with Crippen LogP contribution in [0.5, 0.6) is 0 Å². The van der Waals surface area contributed by atoms with Crippen molar-refractivity contribution in [1.82, 2.24) is 9.78 Å². The molecule has 0 N–H and O–H groups in total. The van der Waals surface area contributed by atoms with E-state index in [1.54, 1.807) is 13.1 Å². The van der Waals surface area contributed by atoms with Gasteiger partial charge in [-0.05, 0) is 34.6 Å². The molecule has 0 saturated carbocycles. The normalized spacial score (nSPS) is 21.4. The van der Waals surface area contributed by atoms with Crippen molar-refractivity contribution < 1.29 is 18.1 Å². The number of alkyl halides is 2. The first kappa shape index (κ1) is 14.5. The lowest BCUT2D eigenvalue weighted by Crippen LogP contribution is -2.41. The van der Waals surface area contributed by atoms with Crippen molar-refractivity contribution in [2.24, 2.45) is 0 Å². The summed E-state index contributed by atoms with van der Waals surface area (Å²) in [5.41, 5.74) is 0.461. The van der Waals surface area contributed by atoms with Crippen LogP contribution in [0.3, 0.4) is 0 Å². The lowest BCUT2D eigenvalue weighted by atomic mass is 9.79. The molecule has 1 aromatic heterocycles. The average molecular weight is 272 g/mol. The molecule has 4 nitrogen and oxygen atoms in total. The van der Waals surface area contributed by atoms with Gasteiger partial charge in [0.15, 0.2) is 0 Å². The second-order valence-electron chi connectivity index (χ2n) is 5.87. The summed E-state index contributed by atoms with van der Waals surface area (Å²) in [7, 11) is -0.559. The minimum atomic E-state index is -2.43. The molecule has 7 heteroatoms. The molecule has 1 fully saturated rings. The highest BCUT2D eigenvalue weighted by molar-refractivity contribution is 6.62. The largest absolute Gasteiger partial charge is 0.498 e. The summed E-state index contributed by atoms with van der Waals surface area (Å²) >= 11 is 0. The molecule has 0 aromatic carbocycles. The fourth-order valence-electron chi connectivity index (χ4n) is 1.97. The molecule has 1 aliphatic heterocycles. The number of nitrogens with zero attached hydrogens (tertiary/aromatic N) is 2. The lowest BCUT2D eigenvalue weighted by Gasteiger charge is -2.32. The summed E-state index contributed by atoms with van der Waals surface area (Å²) in [6.45, 7) is 9.15. The maximum Gasteiger partial charge on any atom is 0.498 e. The van der Waals surface area contributed by atoms with Crippen molar-refractivity contribution in [3.63, 3.8) is 0 Å². The van der Waals surface area contributed by atoms with Crippen molar-refractivity contribution in [3.05, 3.63) is 11.9 Å². The van der Waals surface area contributed by atoms with Crippen molar-refractivity contribution >= 4 is 12.6 Å². The van der Waals surface area contributed by atoms with E-state index in [-0.39, 0.29) is 0 Å². The van der Waals surface area contributed by atoms with Gasteiger partial charge < -0.3 is 9.31 Å². The highest BCUT2D eigenvalue weighted by atomic mass is 19.3. The molecule has 19 heavy (non-hydrogen) atoms. The zero-order chi connectivity index (χ0) is 14.4. The molecule has 2 rings (SSSR count).